The quantitative estimate of drug-likeness (QED) is 0.491. The summed E-state index contributed by atoms with van der Waals surface area (Å²) in [7, 11) is 1.33. The van der Waals surface area contributed by atoms with Crippen LogP contribution in [0.25, 0.3) is 0 Å². The third-order valence-corrected chi connectivity index (χ3v) is 2.47. The predicted octanol–water partition coefficient (Wildman–Crippen LogP) is -1.04. The monoisotopic (exact) mass is 216 g/mol. The topological polar surface area (TPSA) is 87.7 Å². The lowest BCUT2D eigenvalue weighted by molar-refractivity contribution is -0.140. The summed E-state index contributed by atoms with van der Waals surface area (Å²) >= 11 is 0. The maximum Gasteiger partial charge on any atom is 0.306 e. The van der Waals surface area contributed by atoms with Crippen LogP contribution in [0.2, 0.25) is 0 Å². The van der Waals surface area contributed by atoms with Gasteiger partial charge in [0.15, 0.2) is 0 Å². The average molecular weight is 216 g/mol. The summed E-state index contributed by atoms with van der Waals surface area (Å²) in [6, 6.07) is 0. The van der Waals surface area contributed by atoms with Crippen LogP contribution in [0.1, 0.15) is 12.8 Å². The maximum atomic E-state index is 10.8. The molecule has 0 aromatic carbocycles. The molecule has 15 heavy (non-hydrogen) atoms. The molecule has 0 atom stereocenters. The molecular weight excluding hydrogens is 200 g/mol. The zero-order valence-corrected chi connectivity index (χ0v) is 8.71. The summed E-state index contributed by atoms with van der Waals surface area (Å²) in [6.07, 6.45) is 0.332. The van der Waals surface area contributed by atoms with Crippen LogP contribution in [0.4, 0.5) is 0 Å². The largest absolute Gasteiger partial charge is 0.481 e. The lowest BCUT2D eigenvalue weighted by Crippen LogP contribution is -2.68. The van der Waals surface area contributed by atoms with E-state index in [4.69, 9.17) is 5.11 Å². The molecule has 0 radical (unpaired) electrons. The van der Waals surface area contributed by atoms with Crippen molar-refractivity contribution in [3.8, 4) is 0 Å². The average Bonchev–Trinajstić information content (AvgIpc) is 2.12. The summed E-state index contributed by atoms with van der Waals surface area (Å²) in [5.74, 6) is -1.12. The number of carboxylic acids is 1. The molecule has 86 valence electrons. The van der Waals surface area contributed by atoms with Gasteiger partial charge < -0.3 is 20.5 Å². The van der Waals surface area contributed by atoms with Gasteiger partial charge in [-0.2, -0.15) is 0 Å². The summed E-state index contributed by atoms with van der Waals surface area (Å²) in [5.41, 5.74) is -0.389. The fourth-order valence-electron chi connectivity index (χ4n) is 1.56. The van der Waals surface area contributed by atoms with Gasteiger partial charge in [-0.15, -0.1) is 0 Å². The van der Waals surface area contributed by atoms with Crippen LogP contribution >= 0.6 is 0 Å². The zero-order valence-electron chi connectivity index (χ0n) is 8.71. The summed E-state index contributed by atoms with van der Waals surface area (Å²) in [4.78, 5) is 21.4. The lowest BCUT2D eigenvalue weighted by atomic mass is 9.88. The molecule has 0 aromatic heterocycles. The number of hydrogen-bond acceptors (Lipinski definition) is 5. The number of methoxy groups -OCH3 is 1. The van der Waals surface area contributed by atoms with Crippen LogP contribution in [0.3, 0.4) is 0 Å². The highest BCUT2D eigenvalue weighted by Gasteiger charge is 2.38. The van der Waals surface area contributed by atoms with Crippen molar-refractivity contribution in [1.29, 1.82) is 0 Å². The van der Waals surface area contributed by atoms with Crippen LogP contribution in [-0.2, 0) is 14.3 Å². The van der Waals surface area contributed by atoms with E-state index in [2.05, 4.69) is 15.4 Å². The number of carbonyl (C=O) groups excluding carboxylic acids is 1. The molecule has 6 heteroatoms. The van der Waals surface area contributed by atoms with Crippen molar-refractivity contribution < 1.29 is 19.4 Å². The molecular formula is C9H16N2O4. The fraction of sp³-hybridized carbons (Fsp3) is 0.778. The molecule has 0 spiro atoms. The Balaban J connectivity index is 2.27. The van der Waals surface area contributed by atoms with Crippen molar-refractivity contribution in [2.45, 2.75) is 18.4 Å². The fourth-order valence-corrected chi connectivity index (χ4v) is 1.56. The Kier molecular flexibility index (Phi) is 4.05. The number of nitrogens with one attached hydrogen (secondary N) is 2. The van der Waals surface area contributed by atoms with Gasteiger partial charge in [0.2, 0.25) is 0 Å². The van der Waals surface area contributed by atoms with Crippen LogP contribution < -0.4 is 10.6 Å². The highest BCUT2D eigenvalue weighted by atomic mass is 16.5. The van der Waals surface area contributed by atoms with E-state index in [9.17, 15) is 9.59 Å². The number of esters is 1. The van der Waals surface area contributed by atoms with E-state index in [-0.39, 0.29) is 24.3 Å². The molecule has 0 aliphatic carbocycles. The number of hydrogen-bond donors (Lipinski definition) is 3. The van der Waals surface area contributed by atoms with E-state index in [0.29, 0.717) is 19.6 Å². The highest BCUT2D eigenvalue weighted by Crippen LogP contribution is 2.15. The number of ether oxygens (including phenoxy) is 1. The van der Waals surface area contributed by atoms with Crippen LogP contribution in [0.5, 0.6) is 0 Å². The third-order valence-electron chi connectivity index (χ3n) is 2.47. The second-order valence-electron chi connectivity index (χ2n) is 3.71. The van der Waals surface area contributed by atoms with Crippen molar-refractivity contribution >= 4 is 11.9 Å². The van der Waals surface area contributed by atoms with Gasteiger partial charge >= 0.3 is 11.9 Å². The van der Waals surface area contributed by atoms with Crippen LogP contribution in [0.15, 0.2) is 0 Å². The maximum absolute atomic E-state index is 10.8. The van der Waals surface area contributed by atoms with E-state index in [1.165, 1.54) is 7.11 Å². The Hall–Kier alpha value is -1.14. The second kappa shape index (κ2) is 5.09. The second-order valence-corrected chi connectivity index (χ2v) is 3.71. The van der Waals surface area contributed by atoms with E-state index >= 15 is 0 Å². The molecule has 0 saturated carbocycles. The van der Waals surface area contributed by atoms with E-state index in [1.807, 2.05) is 0 Å². The van der Waals surface area contributed by atoms with E-state index in [1.54, 1.807) is 0 Å². The van der Waals surface area contributed by atoms with Gasteiger partial charge in [0.05, 0.1) is 25.5 Å². The Morgan fingerprint density at radius 2 is 2.20 bits per heavy atom. The minimum absolute atomic E-state index is 0.0706. The highest BCUT2D eigenvalue weighted by molar-refractivity contribution is 5.70. The SMILES string of the molecule is COC(=O)CCNC1(CC(=O)O)CNC1. The first kappa shape index (κ1) is 11.9. The lowest BCUT2D eigenvalue weighted by Gasteiger charge is -2.42. The van der Waals surface area contributed by atoms with Gasteiger partial charge in [-0.1, -0.05) is 0 Å². The first-order valence-electron chi connectivity index (χ1n) is 4.82. The molecule has 1 saturated heterocycles. The minimum Gasteiger partial charge on any atom is -0.481 e. The Labute approximate surface area is 88.0 Å². The molecule has 1 aliphatic rings. The summed E-state index contributed by atoms with van der Waals surface area (Å²) in [5, 5.41) is 14.8. The summed E-state index contributed by atoms with van der Waals surface area (Å²) in [6.45, 7) is 1.70. The van der Waals surface area contributed by atoms with Crippen molar-refractivity contribution in [2.24, 2.45) is 0 Å². The first-order chi connectivity index (χ1) is 7.08. The number of carboxylic acid groups (broad SMARTS) is 1. The molecule has 6 nitrogen and oxygen atoms in total. The van der Waals surface area contributed by atoms with Crippen molar-refractivity contribution in [3.63, 3.8) is 0 Å². The van der Waals surface area contributed by atoms with Crippen LogP contribution in [-0.4, -0.2) is 49.3 Å². The van der Waals surface area contributed by atoms with Crippen molar-refractivity contribution in [1.82, 2.24) is 10.6 Å². The Morgan fingerprint density at radius 1 is 1.53 bits per heavy atom. The van der Waals surface area contributed by atoms with Gasteiger partial charge in [-0.25, -0.2) is 0 Å². The normalized spacial score (nSPS) is 17.9. The van der Waals surface area contributed by atoms with Crippen LogP contribution in [0, 0.1) is 0 Å². The molecule has 3 N–H and O–H groups in total. The number of aliphatic carboxylic acids is 1. The molecule has 1 fully saturated rings. The summed E-state index contributed by atoms with van der Waals surface area (Å²) < 4.78 is 4.49. The van der Waals surface area contributed by atoms with Crippen molar-refractivity contribution in [2.75, 3.05) is 26.7 Å². The number of rotatable bonds is 6. The molecule has 0 unspecified atom stereocenters. The van der Waals surface area contributed by atoms with E-state index < -0.39 is 5.97 Å². The van der Waals surface area contributed by atoms with Gasteiger partial charge in [-0.05, 0) is 0 Å². The minimum atomic E-state index is -0.831. The van der Waals surface area contributed by atoms with Gasteiger partial charge in [0.25, 0.3) is 0 Å². The molecule has 0 aromatic rings. The van der Waals surface area contributed by atoms with Gasteiger partial charge in [0, 0.05) is 19.6 Å². The number of carbonyl (C=O) groups is 2. The Bertz CT molecular complexity index is 250. The Morgan fingerprint density at radius 3 is 2.60 bits per heavy atom. The van der Waals surface area contributed by atoms with E-state index in [0.717, 1.165) is 0 Å². The standard InChI is InChI=1S/C9H16N2O4/c1-15-8(14)2-3-11-9(4-7(12)13)5-10-6-9/h10-11H,2-6H2,1H3,(H,12,13). The first-order valence-corrected chi connectivity index (χ1v) is 4.82. The predicted molar refractivity (Wildman–Crippen MR) is 52.5 cm³/mol. The zero-order chi connectivity index (χ0) is 11.3. The molecule has 1 rings (SSSR count). The molecule has 1 heterocycles. The third kappa shape index (κ3) is 3.49. The van der Waals surface area contributed by atoms with Crippen molar-refractivity contribution in [3.05, 3.63) is 0 Å². The smallest absolute Gasteiger partial charge is 0.306 e. The van der Waals surface area contributed by atoms with Gasteiger partial charge in [-0.3, -0.25) is 9.59 Å². The molecule has 0 bridgehead atoms. The molecule has 0 amide bonds. The molecule has 1 aliphatic heterocycles. The van der Waals surface area contributed by atoms with Gasteiger partial charge in [0.1, 0.15) is 0 Å².